The predicted octanol–water partition coefficient (Wildman–Crippen LogP) is 0.154. The molecule has 22 heavy (non-hydrogen) atoms. The van der Waals surface area contributed by atoms with E-state index in [0.29, 0.717) is 19.1 Å². The summed E-state index contributed by atoms with van der Waals surface area (Å²) in [7, 11) is 2.04. The van der Waals surface area contributed by atoms with Crippen LogP contribution < -0.4 is 0 Å². The molecule has 1 atom stereocenters. The quantitative estimate of drug-likeness (QED) is 0.219. The highest BCUT2D eigenvalue weighted by Gasteiger charge is 2.36. The van der Waals surface area contributed by atoms with Gasteiger partial charge in [-0.3, -0.25) is 9.59 Å². The fourth-order valence-electron chi connectivity index (χ4n) is 1.66. The van der Waals surface area contributed by atoms with E-state index in [4.69, 9.17) is 22.8 Å². The van der Waals surface area contributed by atoms with E-state index in [1.807, 2.05) is 0 Å². The van der Waals surface area contributed by atoms with E-state index in [9.17, 15) is 14.7 Å². The second-order valence-electron chi connectivity index (χ2n) is 4.69. The first kappa shape index (κ1) is 21.2. The predicted molar refractivity (Wildman–Crippen MR) is 79.3 cm³/mol. The summed E-state index contributed by atoms with van der Waals surface area (Å²) < 4.78 is 25.8. The summed E-state index contributed by atoms with van der Waals surface area (Å²) in [4.78, 5) is 21.8. The van der Waals surface area contributed by atoms with Gasteiger partial charge in [-0.2, -0.15) is 0 Å². The number of hydrogen-bond donors (Lipinski definition) is 1. The second kappa shape index (κ2) is 11.7. The van der Waals surface area contributed by atoms with Gasteiger partial charge in [-0.25, -0.2) is 0 Å². The third-order valence-corrected chi connectivity index (χ3v) is 5.68. The van der Waals surface area contributed by atoms with Crippen LogP contribution in [-0.4, -0.2) is 72.9 Å². The highest BCUT2D eigenvalue weighted by molar-refractivity contribution is 6.60. The van der Waals surface area contributed by atoms with Crippen molar-refractivity contribution in [1.29, 1.82) is 0 Å². The van der Waals surface area contributed by atoms with Gasteiger partial charge in [-0.05, 0) is 13.3 Å². The minimum absolute atomic E-state index is 0.0366. The minimum atomic E-state index is -2.58. The fraction of sp³-hybridized carbons (Fsp3) is 0.846. The molecule has 130 valence electrons. The number of aliphatic hydroxyl groups is 1. The van der Waals surface area contributed by atoms with Gasteiger partial charge in [0.25, 0.3) is 0 Å². The zero-order valence-corrected chi connectivity index (χ0v) is 14.6. The summed E-state index contributed by atoms with van der Waals surface area (Å²) in [5.41, 5.74) is 0. The van der Waals surface area contributed by atoms with Crippen molar-refractivity contribution in [2.75, 3.05) is 41.2 Å². The number of hydrogen-bond acceptors (Lipinski definition) is 8. The molecule has 0 aromatic rings. The molecular weight excluding hydrogens is 312 g/mol. The molecule has 0 bridgehead atoms. The number of carbonyl (C=O) groups excluding carboxylic acids is 2. The number of carbonyl (C=O) groups is 2. The monoisotopic (exact) mass is 338 g/mol. The highest BCUT2D eigenvalue weighted by atomic mass is 28.4. The van der Waals surface area contributed by atoms with Crippen molar-refractivity contribution < 1.29 is 37.4 Å². The third kappa shape index (κ3) is 9.23. The molecular formula is C13H26O8Si. The van der Waals surface area contributed by atoms with Gasteiger partial charge in [0.2, 0.25) is 0 Å². The lowest BCUT2D eigenvalue weighted by atomic mass is 10.3. The van der Waals surface area contributed by atoms with Crippen LogP contribution in [0.2, 0.25) is 6.04 Å². The molecule has 0 saturated carbocycles. The fourth-order valence-corrected chi connectivity index (χ4v) is 3.35. The summed E-state index contributed by atoms with van der Waals surface area (Å²) in [6.45, 7) is 1.53. The van der Waals surface area contributed by atoms with Crippen LogP contribution in [0.4, 0.5) is 0 Å². The summed E-state index contributed by atoms with van der Waals surface area (Å²) in [5.74, 6) is -0.930. The zero-order valence-electron chi connectivity index (χ0n) is 13.6. The normalized spacial score (nSPS) is 13.0. The van der Waals surface area contributed by atoms with Crippen LogP contribution in [0.25, 0.3) is 0 Å². The van der Waals surface area contributed by atoms with Gasteiger partial charge in [-0.15, -0.1) is 0 Å². The minimum Gasteiger partial charge on any atom is -0.463 e. The Bertz CT molecular complexity index is 324. The molecule has 8 nitrogen and oxygen atoms in total. The summed E-state index contributed by atoms with van der Waals surface area (Å²) >= 11 is 0. The van der Waals surface area contributed by atoms with E-state index in [1.54, 1.807) is 21.3 Å². The SMILES string of the molecule is CO[Si](CCCOCC(O)COC(=O)CC(C)=O)(OC)OC. The molecule has 0 radical (unpaired) electrons. The van der Waals surface area contributed by atoms with E-state index < -0.39 is 20.9 Å². The first-order chi connectivity index (χ1) is 10.4. The van der Waals surface area contributed by atoms with E-state index in [0.717, 1.165) is 0 Å². The molecule has 0 saturated heterocycles. The third-order valence-electron chi connectivity index (χ3n) is 2.84. The lowest BCUT2D eigenvalue weighted by Crippen LogP contribution is -2.42. The molecule has 0 fully saturated rings. The Hall–Kier alpha value is -0.843. The lowest BCUT2D eigenvalue weighted by Gasteiger charge is -2.24. The maximum Gasteiger partial charge on any atom is 0.500 e. The van der Waals surface area contributed by atoms with Crippen molar-refractivity contribution in [3.63, 3.8) is 0 Å². The molecule has 0 aromatic carbocycles. The summed E-state index contributed by atoms with van der Waals surface area (Å²) in [6, 6.07) is 0.597. The largest absolute Gasteiger partial charge is 0.500 e. The van der Waals surface area contributed by atoms with Crippen LogP contribution in [-0.2, 0) is 32.3 Å². The molecule has 0 aliphatic heterocycles. The van der Waals surface area contributed by atoms with Crippen LogP contribution in [0.5, 0.6) is 0 Å². The van der Waals surface area contributed by atoms with E-state index in [2.05, 4.69) is 0 Å². The van der Waals surface area contributed by atoms with Gasteiger partial charge in [0, 0.05) is 34.0 Å². The van der Waals surface area contributed by atoms with Crippen molar-refractivity contribution >= 4 is 20.6 Å². The van der Waals surface area contributed by atoms with Gasteiger partial charge < -0.3 is 27.9 Å². The Morgan fingerprint density at radius 2 is 1.68 bits per heavy atom. The first-order valence-electron chi connectivity index (χ1n) is 6.95. The maximum atomic E-state index is 11.1. The van der Waals surface area contributed by atoms with Gasteiger partial charge in [0.15, 0.2) is 0 Å². The van der Waals surface area contributed by atoms with Crippen molar-refractivity contribution in [1.82, 2.24) is 0 Å². The molecule has 1 unspecified atom stereocenters. The zero-order chi connectivity index (χ0) is 17.0. The topological polar surface area (TPSA) is 101 Å². The van der Waals surface area contributed by atoms with E-state index in [-0.39, 0.29) is 25.4 Å². The van der Waals surface area contributed by atoms with Crippen LogP contribution in [0.3, 0.4) is 0 Å². The van der Waals surface area contributed by atoms with Crippen LogP contribution in [0.15, 0.2) is 0 Å². The molecule has 0 aromatic heterocycles. The number of Topliss-reactive ketones (excluding diaryl/α,β-unsaturated/α-hetero) is 1. The number of esters is 1. The molecule has 0 spiro atoms. The smallest absolute Gasteiger partial charge is 0.463 e. The molecule has 0 amide bonds. The van der Waals surface area contributed by atoms with Gasteiger partial charge >= 0.3 is 14.8 Å². The van der Waals surface area contributed by atoms with E-state index in [1.165, 1.54) is 6.92 Å². The van der Waals surface area contributed by atoms with Crippen molar-refractivity contribution in [2.45, 2.75) is 31.9 Å². The van der Waals surface area contributed by atoms with Crippen molar-refractivity contribution in [3.8, 4) is 0 Å². The highest BCUT2D eigenvalue weighted by Crippen LogP contribution is 2.14. The van der Waals surface area contributed by atoms with Crippen molar-refractivity contribution in [2.24, 2.45) is 0 Å². The standard InChI is InChI=1S/C13H26O8Si/c1-11(14)8-13(16)21-10-12(15)9-20-6-5-7-22(17-2,18-3)19-4/h12,15H,5-10H2,1-4H3. The van der Waals surface area contributed by atoms with E-state index >= 15 is 0 Å². The summed E-state index contributed by atoms with van der Waals surface area (Å²) in [6.07, 6.45) is -0.561. The Morgan fingerprint density at radius 1 is 1.09 bits per heavy atom. The Morgan fingerprint density at radius 3 is 2.18 bits per heavy atom. The molecule has 0 aliphatic rings. The second-order valence-corrected chi connectivity index (χ2v) is 7.78. The number of ether oxygens (including phenoxy) is 2. The van der Waals surface area contributed by atoms with Gasteiger partial charge in [-0.1, -0.05) is 0 Å². The van der Waals surface area contributed by atoms with Crippen LogP contribution >= 0.6 is 0 Å². The lowest BCUT2D eigenvalue weighted by molar-refractivity contribution is -0.149. The maximum absolute atomic E-state index is 11.1. The van der Waals surface area contributed by atoms with Gasteiger partial charge in [0.1, 0.15) is 24.9 Å². The van der Waals surface area contributed by atoms with Crippen LogP contribution in [0, 0.1) is 0 Å². The first-order valence-corrected chi connectivity index (χ1v) is 8.88. The average Bonchev–Trinajstić information content (AvgIpc) is 2.49. The van der Waals surface area contributed by atoms with Gasteiger partial charge in [0.05, 0.1) is 6.61 Å². The summed E-state index contributed by atoms with van der Waals surface area (Å²) in [5, 5.41) is 9.58. The Labute approximate surface area is 132 Å². The van der Waals surface area contributed by atoms with Crippen LogP contribution in [0.1, 0.15) is 19.8 Å². The number of ketones is 1. The average molecular weight is 338 g/mol. The number of aliphatic hydroxyl groups excluding tert-OH is 1. The molecule has 9 heteroatoms. The molecule has 0 heterocycles. The molecule has 0 aliphatic carbocycles. The molecule has 0 rings (SSSR count). The Balaban J connectivity index is 3.74. The number of rotatable bonds is 13. The Kier molecular flexibility index (Phi) is 11.2. The molecule has 1 N–H and O–H groups in total. The van der Waals surface area contributed by atoms with Crippen molar-refractivity contribution in [3.05, 3.63) is 0 Å².